The lowest BCUT2D eigenvalue weighted by Crippen LogP contribution is -2.02. The van der Waals surface area contributed by atoms with Gasteiger partial charge in [0.25, 0.3) is 0 Å². The van der Waals surface area contributed by atoms with Gasteiger partial charge in [-0.25, -0.2) is 9.48 Å². The Balaban J connectivity index is 1.49. The minimum Gasteiger partial charge on any atom is -0.478 e. The molecule has 1 N–H and O–H groups in total. The van der Waals surface area contributed by atoms with Gasteiger partial charge in [0.1, 0.15) is 0 Å². The van der Waals surface area contributed by atoms with Gasteiger partial charge in [-0.3, -0.25) is 9.97 Å². The topological polar surface area (TPSA) is 80.9 Å². The minimum atomic E-state index is -0.980. The quantitative estimate of drug-likeness (QED) is 0.312. The Kier molecular flexibility index (Phi) is 5.31. The molecule has 0 aliphatic rings. The summed E-state index contributed by atoms with van der Waals surface area (Å²) in [6.45, 7) is 0. The van der Waals surface area contributed by atoms with Crippen LogP contribution in [0.15, 0.2) is 116 Å². The first-order chi connectivity index (χ1) is 17.7. The van der Waals surface area contributed by atoms with E-state index in [0.29, 0.717) is 5.69 Å². The molecule has 0 radical (unpaired) electrons. The lowest BCUT2D eigenvalue weighted by molar-refractivity contribution is 0.0697. The molecule has 0 aliphatic heterocycles. The summed E-state index contributed by atoms with van der Waals surface area (Å²) in [5.74, 6) is -0.980. The van der Waals surface area contributed by atoms with Crippen LogP contribution in [0.1, 0.15) is 10.4 Å². The fourth-order valence-electron chi connectivity index (χ4n) is 4.28. The number of fused-ring (bicyclic) bond motifs is 1. The molecule has 6 rings (SSSR count). The van der Waals surface area contributed by atoms with Crippen molar-refractivity contribution >= 4 is 17.0 Å². The standard InChI is InChI=1S/C30H20N4O2/c35-30(36)24-7-4-8-25(17-24)34-29(22-11-9-21(10-12-22)20-5-2-1-3-6-20)19-27(33-34)23-13-14-26-28(18-23)32-16-15-31-26/h1-19H,(H,35,36). The van der Waals surface area contributed by atoms with E-state index in [1.807, 2.05) is 48.5 Å². The second-order valence-corrected chi connectivity index (χ2v) is 8.39. The molecule has 6 heteroatoms. The highest BCUT2D eigenvalue weighted by atomic mass is 16.4. The van der Waals surface area contributed by atoms with Crippen LogP contribution >= 0.6 is 0 Å². The molecule has 36 heavy (non-hydrogen) atoms. The zero-order chi connectivity index (χ0) is 24.5. The highest BCUT2D eigenvalue weighted by molar-refractivity contribution is 5.88. The van der Waals surface area contributed by atoms with Gasteiger partial charge in [-0.1, -0.05) is 66.7 Å². The maximum atomic E-state index is 11.6. The van der Waals surface area contributed by atoms with Crippen molar-refractivity contribution < 1.29 is 9.90 Å². The molecule has 2 heterocycles. The predicted molar refractivity (Wildman–Crippen MR) is 140 cm³/mol. The molecule has 0 amide bonds. The van der Waals surface area contributed by atoms with Gasteiger partial charge in [-0.15, -0.1) is 0 Å². The summed E-state index contributed by atoms with van der Waals surface area (Å²) in [4.78, 5) is 20.4. The van der Waals surface area contributed by atoms with Gasteiger partial charge in [0.15, 0.2) is 0 Å². The van der Waals surface area contributed by atoms with E-state index in [1.54, 1.807) is 35.3 Å². The molecule has 172 valence electrons. The summed E-state index contributed by atoms with van der Waals surface area (Å²) in [6.07, 6.45) is 3.34. The third-order valence-corrected chi connectivity index (χ3v) is 6.10. The van der Waals surface area contributed by atoms with Crippen LogP contribution in [0.25, 0.3) is 50.4 Å². The number of aromatic carboxylic acids is 1. The van der Waals surface area contributed by atoms with Crippen LogP contribution in [-0.2, 0) is 0 Å². The maximum Gasteiger partial charge on any atom is 0.335 e. The van der Waals surface area contributed by atoms with Crippen molar-refractivity contribution in [1.82, 2.24) is 19.7 Å². The van der Waals surface area contributed by atoms with Crippen molar-refractivity contribution in [2.24, 2.45) is 0 Å². The number of carboxylic acid groups (broad SMARTS) is 1. The van der Waals surface area contributed by atoms with Gasteiger partial charge in [0, 0.05) is 23.5 Å². The molecule has 4 aromatic carbocycles. The van der Waals surface area contributed by atoms with Gasteiger partial charge in [-0.05, 0) is 47.5 Å². The van der Waals surface area contributed by atoms with E-state index in [0.717, 1.165) is 44.7 Å². The van der Waals surface area contributed by atoms with Crippen LogP contribution in [0.4, 0.5) is 0 Å². The molecule has 0 saturated heterocycles. The van der Waals surface area contributed by atoms with E-state index in [-0.39, 0.29) is 5.56 Å². The first-order valence-corrected chi connectivity index (χ1v) is 11.5. The molecule has 6 aromatic rings. The maximum absolute atomic E-state index is 11.6. The Morgan fingerprint density at radius 3 is 2.11 bits per heavy atom. The number of benzene rings is 4. The van der Waals surface area contributed by atoms with Crippen molar-refractivity contribution in [3.8, 4) is 39.3 Å². The molecule has 0 spiro atoms. The first kappa shape index (κ1) is 21.4. The number of rotatable bonds is 5. The smallest absolute Gasteiger partial charge is 0.335 e. The summed E-state index contributed by atoms with van der Waals surface area (Å²) in [5, 5.41) is 14.4. The van der Waals surface area contributed by atoms with Crippen LogP contribution in [0.3, 0.4) is 0 Å². The third kappa shape index (κ3) is 4.01. The van der Waals surface area contributed by atoms with E-state index >= 15 is 0 Å². The minimum absolute atomic E-state index is 0.205. The van der Waals surface area contributed by atoms with Crippen molar-refractivity contribution in [2.45, 2.75) is 0 Å². The van der Waals surface area contributed by atoms with E-state index in [2.05, 4.69) is 46.4 Å². The summed E-state index contributed by atoms with van der Waals surface area (Å²) in [6, 6.07) is 33.2. The molecule has 6 nitrogen and oxygen atoms in total. The van der Waals surface area contributed by atoms with Crippen molar-refractivity contribution in [3.63, 3.8) is 0 Å². The van der Waals surface area contributed by atoms with Crippen LogP contribution < -0.4 is 0 Å². The van der Waals surface area contributed by atoms with E-state index < -0.39 is 5.97 Å². The molecule has 0 aliphatic carbocycles. The van der Waals surface area contributed by atoms with Gasteiger partial charge in [-0.2, -0.15) is 5.10 Å². The largest absolute Gasteiger partial charge is 0.478 e. The molecule has 0 bridgehead atoms. The van der Waals surface area contributed by atoms with Crippen LogP contribution in [-0.4, -0.2) is 30.8 Å². The molecule has 0 atom stereocenters. The normalized spacial score (nSPS) is 11.0. The highest BCUT2D eigenvalue weighted by Gasteiger charge is 2.15. The molecular formula is C30H20N4O2. The zero-order valence-corrected chi connectivity index (χ0v) is 19.1. The number of hydrogen-bond acceptors (Lipinski definition) is 4. The zero-order valence-electron chi connectivity index (χ0n) is 19.1. The Morgan fingerprint density at radius 1 is 0.639 bits per heavy atom. The van der Waals surface area contributed by atoms with Gasteiger partial charge >= 0.3 is 5.97 Å². The van der Waals surface area contributed by atoms with Crippen LogP contribution in [0.2, 0.25) is 0 Å². The van der Waals surface area contributed by atoms with Gasteiger partial charge in [0.2, 0.25) is 0 Å². The monoisotopic (exact) mass is 468 g/mol. The Hall–Kier alpha value is -5.10. The summed E-state index contributed by atoms with van der Waals surface area (Å²) in [5.41, 5.74) is 8.21. The number of nitrogens with zero attached hydrogens (tertiary/aromatic N) is 4. The van der Waals surface area contributed by atoms with Crippen LogP contribution in [0.5, 0.6) is 0 Å². The highest BCUT2D eigenvalue weighted by Crippen LogP contribution is 2.31. The number of carbonyl (C=O) groups is 1. The Morgan fingerprint density at radius 2 is 1.33 bits per heavy atom. The number of carboxylic acids is 1. The van der Waals surface area contributed by atoms with Gasteiger partial charge in [0.05, 0.1) is 33.7 Å². The fraction of sp³-hybridized carbons (Fsp3) is 0. The van der Waals surface area contributed by atoms with Crippen LogP contribution in [0, 0.1) is 0 Å². The van der Waals surface area contributed by atoms with Gasteiger partial charge < -0.3 is 5.11 Å². The third-order valence-electron chi connectivity index (χ3n) is 6.10. The van der Waals surface area contributed by atoms with E-state index in [1.165, 1.54) is 0 Å². The average molecular weight is 469 g/mol. The van der Waals surface area contributed by atoms with E-state index in [9.17, 15) is 9.90 Å². The number of aromatic nitrogens is 4. The Labute approximate surface area is 207 Å². The fourth-order valence-corrected chi connectivity index (χ4v) is 4.28. The summed E-state index contributed by atoms with van der Waals surface area (Å²) < 4.78 is 1.79. The number of hydrogen-bond donors (Lipinski definition) is 1. The lowest BCUT2D eigenvalue weighted by atomic mass is 10.0. The second kappa shape index (κ2) is 8.92. The average Bonchev–Trinajstić information content (AvgIpc) is 3.39. The SMILES string of the molecule is O=C(O)c1cccc(-n2nc(-c3ccc4nccnc4c3)cc2-c2ccc(-c3ccccc3)cc2)c1. The molecule has 0 saturated carbocycles. The summed E-state index contributed by atoms with van der Waals surface area (Å²) in [7, 11) is 0. The lowest BCUT2D eigenvalue weighted by Gasteiger charge is -2.09. The van der Waals surface area contributed by atoms with Crippen molar-refractivity contribution in [3.05, 3.63) is 121 Å². The molecule has 2 aromatic heterocycles. The van der Waals surface area contributed by atoms with Crippen molar-refractivity contribution in [1.29, 1.82) is 0 Å². The van der Waals surface area contributed by atoms with Crippen molar-refractivity contribution in [2.75, 3.05) is 0 Å². The second-order valence-electron chi connectivity index (χ2n) is 8.39. The first-order valence-electron chi connectivity index (χ1n) is 11.5. The van der Waals surface area contributed by atoms with E-state index in [4.69, 9.17) is 5.10 Å². The predicted octanol–water partition coefficient (Wildman–Crippen LogP) is 6.51. The summed E-state index contributed by atoms with van der Waals surface area (Å²) >= 11 is 0. The molecular weight excluding hydrogens is 448 g/mol. The molecule has 0 fully saturated rings. The Bertz CT molecular complexity index is 1710. The molecule has 0 unspecified atom stereocenters.